The molecule has 0 aliphatic carbocycles. The van der Waals surface area contributed by atoms with Crippen LogP contribution in [-0.2, 0) is 0 Å². The molecule has 30 heavy (non-hydrogen) atoms. The number of fused-ring (bicyclic) bond motifs is 2. The zero-order chi connectivity index (χ0) is 21.3. The van der Waals surface area contributed by atoms with Crippen LogP contribution in [0.3, 0.4) is 0 Å². The van der Waals surface area contributed by atoms with Crippen molar-refractivity contribution in [1.82, 2.24) is 9.88 Å². The van der Waals surface area contributed by atoms with Gasteiger partial charge in [-0.15, -0.1) is 0 Å². The van der Waals surface area contributed by atoms with Gasteiger partial charge in [-0.3, -0.25) is 5.21 Å². The molecular formula is C22H28N5O3-. The van der Waals surface area contributed by atoms with Crippen LogP contribution in [0.2, 0.25) is 0 Å². The van der Waals surface area contributed by atoms with Gasteiger partial charge in [0.15, 0.2) is 0 Å². The van der Waals surface area contributed by atoms with Gasteiger partial charge in [0.2, 0.25) is 0 Å². The monoisotopic (exact) mass is 410 g/mol. The van der Waals surface area contributed by atoms with Crippen molar-refractivity contribution in [3.63, 3.8) is 0 Å². The fourth-order valence-corrected chi connectivity index (χ4v) is 4.20. The van der Waals surface area contributed by atoms with Crippen LogP contribution in [0, 0.1) is 5.21 Å². The Balaban J connectivity index is 1.93. The Labute approximate surface area is 176 Å². The standard InChI is InChI=1S/C22H28N5O3/c1-4-25(5-2)12-13-26-11-10-23-21-16-14-15(30-3)6-7-17(16)24-22-19(27(28)29)9-8-18(26)20(21)22/h6-9,14,23,28H,4-5,10-13H2,1-3H3/q-1. The molecule has 2 heterocycles. The van der Waals surface area contributed by atoms with Crippen molar-refractivity contribution in [3.05, 3.63) is 35.5 Å². The van der Waals surface area contributed by atoms with Crippen LogP contribution < -0.4 is 20.2 Å². The molecule has 0 amide bonds. The highest BCUT2D eigenvalue weighted by Gasteiger charge is 2.22. The zero-order valence-corrected chi connectivity index (χ0v) is 17.7. The van der Waals surface area contributed by atoms with E-state index in [0.29, 0.717) is 5.52 Å². The fourth-order valence-electron chi connectivity index (χ4n) is 4.20. The molecule has 0 bridgehead atoms. The molecule has 1 aliphatic rings. The quantitative estimate of drug-likeness (QED) is 0.451. The van der Waals surface area contributed by atoms with Gasteiger partial charge >= 0.3 is 0 Å². The molecule has 4 rings (SSSR count). The van der Waals surface area contributed by atoms with E-state index in [1.807, 2.05) is 24.3 Å². The maximum Gasteiger partial charge on any atom is 0.119 e. The third kappa shape index (κ3) is 3.58. The molecule has 0 atom stereocenters. The minimum atomic E-state index is -0.101. The summed E-state index contributed by atoms with van der Waals surface area (Å²) in [6, 6.07) is 9.23. The Morgan fingerprint density at radius 3 is 2.73 bits per heavy atom. The highest BCUT2D eigenvalue weighted by molar-refractivity contribution is 6.16. The second kappa shape index (κ2) is 8.51. The summed E-state index contributed by atoms with van der Waals surface area (Å²) in [5.41, 5.74) is 3.29. The summed E-state index contributed by atoms with van der Waals surface area (Å²) in [5.74, 6) is 0.745. The van der Waals surface area contributed by atoms with Gasteiger partial charge in [0.25, 0.3) is 0 Å². The lowest BCUT2D eigenvalue weighted by Crippen LogP contribution is -2.36. The van der Waals surface area contributed by atoms with Crippen LogP contribution in [0.4, 0.5) is 17.1 Å². The number of hydrogen-bond acceptors (Lipinski definition) is 8. The van der Waals surface area contributed by atoms with E-state index in [1.165, 1.54) is 0 Å². The maximum atomic E-state index is 11.9. The van der Waals surface area contributed by atoms with Crippen LogP contribution in [0.15, 0.2) is 30.3 Å². The Hall–Kier alpha value is -2.81. The molecule has 160 valence electrons. The number of aromatic nitrogens is 1. The second-order valence-corrected chi connectivity index (χ2v) is 7.41. The van der Waals surface area contributed by atoms with Gasteiger partial charge in [0, 0.05) is 42.6 Å². The molecule has 1 aromatic heterocycles. The molecule has 0 saturated carbocycles. The third-order valence-electron chi connectivity index (χ3n) is 5.90. The molecule has 8 nitrogen and oxygen atoms in total. The van der Waals surface area contributed by atoms with Gasteiger partial charge in [-0.2, -0.15) is 0 Å². The summed E-state index contributed by atoms with van der Waals surface area (Å²) in [6.07, 6.45) is 0. The Morgan fingerprint density at radius 1 is 1.23 bits per heavy atom. The highest BCUT2D eigenvalue weighted by Crippen LogP contribution is 2.42. The van der Waals surface area contributed by atoms with Gasteiger partial charge in [-0.1, -0.05) is 13.8 Å². The zero-order valence-electron chi connectivity index (χ0n) is 17.7. The van der Waals surface area contributed by atoms with E-state index in [0.717, 1.165) is 72.7 Å². The largest absolute Gasteiger partial charge is 0.733 e. The van der Waals surface area contributed by atoms with Crippen molar-refractivity contribution in [2.24, 2.45) is 0 Å². The topological polar surface area (TPSA) is 87.2 Å². The number of ether oxygens (including phenoxy) is 1. The highest BCUT2D eigenvalue weighted by atomic mass is 16.8. The first kappa shape index (κ1) is 20.5. The van der Waals surface area contributed by atoms with E-state index in [2.05, 4.69) is 29.0 Å². The molecule has 1 aliphatic heterocycles. The lowest BCUT2D eigenvalue weighted by atomic mass is 10.0. The number of pyridine rings is 1. The van der Waals surface area contributed by atoms with Crippen molar-refractivity contribution < 1.29 is 9.94 Å². The van der Waals surface area contributed by atoms with Gasteiger partial charge < -0.3 is 30.3 Å². The number of anilines is 3. The van der Waals surface area contributed by atoms with Crippen LogP contribution in [-0.4, -0.2) is 61.5 Å². The molecular weight excluding hydrogens is 382 g/mol. The van der Waals surface area contributed by atoms with Gasteiger partial charge in [-0.05, 0) is 43.4 Å². The molecule has 0 saturated heterocycles. The number of nitrogens with one attached hydrogen (secondary N) is 1. The Morgan fingerprint density at radius 2 is 2.03 bits per heavy atom. The summed E-state index contributed by atoms with van der Waals surface area (Å²) < 4.78 is 5.42. The summed E-state index contributed by atoms with van der Waals surface area (Å²) in [5, 5.41) is 26.8. The van der Waals surface area contributed by atoms with Crippen molar-refractivity contribution in [1.29, 1.82) is 0 Å². The minimum absolute atomic E-state index is 0.101. The predicted molar refractivity (Wildman–Crippen MR) is 122 cm³/mol. The third-order valence-corrected chi connectivity index (χ3v) is 5.90. The smallest absolute Gasteiger partial charge is 0.119 e. The van der Waals surface area contributed by atoms with Crippen molar-refractivity contribution in [2.75, 3.05) is 61.8 Å². The molecule has 0 radical (unpaired) electrons. The van der Waals surface area contributed by atoms with E-state index in [-0.39, 0.29) is 10.9 Å². The molecule has 0 spiro atoms. The maximum absolute atomic E-state index is 11.9. The van der Waals surface area contributed by atoms with E-state index in [4.69, 9.17) is 9.72 Å². The first-order valence-corrected chi connectivity index (χ1v) is 10.4. The molecule has 2 N–H and O–H groups in total. The number of benzene rings is 2. The summed E-state index contributed by atoms with van der Waals surface area (Å²) in [6.45, 7) is 9.77. The number of likely N-dealkylation sites (N-methyl/N-ethyl adjacent to an activating group) is 1. The van der Waals surface area contributed by atoms with Crippen LogP contribution in [0.1, 0.15) is 13.8 Å². The lowest BCUT2D eigenvalue weighted by Gasteiger charge is -2.29. The lowest BCUT2D eigenvalue weighted by molar-refractivity contribution is 0.297. The number of methoxy groups -OCH3 is 1. The molecule has 0 unspecified atom stereocenters. The first-order valence-electron chi connectivity index (χ1n) is 10.4. The van der Waals surface area contributed by atoms with Crippen molar-refractivity contribution >= 4 is 38.9 Å². The van der Waals surface area contributed by atoms with Crippen molar-refractivity contribution in [2.45, 2.75) is 13.8 Å². The van der Waals surface area contributed by atoms with E-state index >= 15 is 0 Å². The van der Waals surface area contributed by atoms with Crippen LogP contribution in [0.25, 0.3) is 21.8 Å². The molecule has 8 heteroatoms. The van der Waals surface area contributed by atoms with Crippen LogP contribution >= 0.6 is 0 Å². The normalized spacial score (nSPS) is 13.6. The van der Waals surface area contributed by atoms with Gasteiger partial charge in [0.1, 0.15) is 5.75 Å². The first-order chi connectivity index (χ1) is 14.6. The van der Waals surface area contributed by atoms with Crippen LogP contribution in [0.5, 0.6) is 5.75 Å². The summed E-state index contributed by atoms with van der Waals surface area (Å²) in [4.78, 5) is 9.46. The van der Waals surface area contributed by atoms with E-state index in [1.54, 1.807) is 13.2 Å². The Bertz CT molecular complexity index is 1050. The average molecular weight is 410 g/mol. The van der Waals surface area contributed by atoms with Gasteiger partial charge in [-0.25, -0.2) is 4.98 Å². The summed E-state index contributed by atoms with van der Waals surface area (Å²) >= 11 is 0. The van der Waals surface area contributed by atoms with E-state index in [9.17, 15) is 10.4 Å². The molecule has 3 aromatic rings. The Kier molecular flexibility index (Phi) is 5.80. The minimum Gasteiger partial charge on any atom is -0.733 e. The number of hydrogen-bond donors (Lipinski definition) is 2. The molecule has 2 aromatic carbocycles. The fraction of sp³-hybridized carbons (Fsp3) is 0.409. The van der Waals surface area contributed by atoms with Gasteiger partial charge in [0.05, 0.1) is 29.5 Å². The number of nitrogens with zero attached hydrogens (tertiary/aromatic N) is 4. The number of rotatable bonds is 7. The SMILES string of the molecule is CCN(CC)CCN1CCNc2c3cc(OC)ccc3nc3c(N([O-])O)ccc1c23. The molecule has 0 fully saturated rings. The average Bonchev–Trinajstić information content (AvgIpc) is 2.95. The second-order valence-electron chi connectivity index (χ2n) is 7.41. The van der Waals surface area contributed by atoms with Crippen molar-refractivity contribution in [3.8, 4) is 5.75 Å². The van der Waals surface area contributed by atoms with E-state index < -0.39 is 0 Å². The summed E-state index contributed by atoms with van der Waals surface area (Å²) in [7, 11) is 1.64. The predicted octanol–water partition coefficient (Wildman–Crippen LogP) is 3.66.